The van der Waals surface area contributed by atoms with Crippen LogP contribution in [-0.4, -0.2) is 26.3 Å². The van der Waals surface area contributed by atoms with Gasteiger partial charge in [-0.3, -0.25) is 6.08 Å². The molecule has 2 rings (SSSR count). The summed E-state index contributed by atoms with van der Waals surface area (Å²) < 4.78 is 0. The van der Waals surface area contributed by atoms with Crippen LogP contribution in [0.2, 0.25) is 0 Å². The van der Waals surface area contributed by atoms with E-state index in [1.807, 2.05) is 49.3 Å². The first-order chi connectivity index (χ1) is 7.29. The standard InChI is InChI=1S/C8H11BN.C5H5.2ClH.Ti/c1-10(2)9-8-6-4-3-5-7-8;1-2-4-5-3-1;;;/h3-7H,1-2H3;1-3H,4H2;2*1H;/q;-1;;;. The molecule has 0 atom stereocenters. The molecule has 18 heavy (non-hydrogen) atoms. The van der Waals surface area contributed by atoms with Crippen molar-refractivity contribution in [2.75, 3.05) is 14.1 Å². The van der Waals surface area contributed by atoms with Crippen molar-refractivity contribution in [2.24, 2.45) is 0 Å². The van der Waals surface area contributed by atoms with Crippen molar-refractivity contribution < 1.29 is 21.7 Å². The summed E-state index contributed by atoms with van der Waals surface area (Å²) in [5.74, 6) is 0. The number of hydrogen-bond donors (Lipinski definition) is 0. The largest absolute Gasteiger partial charge is 0.348 e. The van der Waals surface area contributed by atoms with E-state index in [1.54, 1.807) is 0 Å². The molecule has 1 aromatic rings. The Morgan fingerprint density at radius 2 is 1.72 bits per heavy atom. The minimum absolute atomic E-state index is 0. The van der Waals surface area contributed by atoms with Gasteiger partial charge in [0.2, 0.25) is 7.41 Å². The summed E-state index contributed by atoms with van der Waals surface area (Å²) in [6.45, 7) is 0. The van der Waals surface area contributed by atoms with Crippen molar-refractivity contribution in [3.8, 4) is 0 Å². The van der Waals surface area contributed by atoms with Gasteiger partial charge in [-0.2, -0.15) is 6.08 Å². The molecule has 0 saturated heterocycles. The average Bonchev–Trinajstić information content (AvgIpc) is 2.76. The fourth-order valence-corrected chi connectivity index (χ4v) is 1.18. The third-order valence-electron chi connectivity index (χ3n) is 1.79. The van der Waals surface area contributed by atoms with Crippen LogP contribution in [0, 0.1) is 6.08 Å². The summed E-state index contributed by atoms with van der Waals surface area (Å²) in [7, 11) is 6.12. The van der Waals surface area contributed by atoms with E-state index in [0.29, 0.717) is 0 Å². The zero-order valence-electron chi connectivity index (χ0n) is 10.7. The minimum Gasteiger partial charge on any atom is -0.348 e. The van der Waals surface area contributed by atoms with E-state index in [9.17, 15) is 0 Å². The maximum Gasteiger partial charge on any atom is 0.247 e. The Bertz CT molecular complexity index is 319. The topological polar surface area (TPSA) is 3.24 Å². The van der Waals surface area contributed by atoms with Crippen molar-refractivity contribution >= 4 is 37.7 Å². The molecular weight excluding hydrogens is 300 g/mol. The van der Waals surface area contributed by atoms with E-state index < -0.39 is 0 Å². The molecule has 0 bridgehead atoms. The summed E-state index contributed by atoms with van der Waals surface area (Å²) in [5, 5.41) is 0. The molecule has 0 N–H and O–H groups in total. The molecule has 0 fully saturated rings. The normalized spacial score (nSPS) is 10.4. The monoisotopic (exact) mass is 317 g/mol. The van der Waals surface area contributed by atoms with Crippen molar-refractivity contribution in [2.45, 2.75) is 6.42 Å². The van der Waals surface area contributed by atoms with Gasteiger partial charge in [0.1, 0.15) is 0 Å². The first-order valence-corrected chi connectivity index (χ1v) is 5.07. The Balaban J connectivity index is -0.000000245. The van der Waals surface area contributed by atoms with Gasteiger partial charge in [0.15, 0.2) is 0 Å². The predicted octanol–water partition coefficient (Wildman–Crippen LogP) is 2.64. The molecule has 0 heterocycles. The van der Waals surface area contributed by atoms with Crippen LogP contribution in [0.25, 0.3) is 0 Å². The molecule has 1 radical (unpaired) electrons. The molecule has 97 valence electrons. The van der Waals surface area contributed by atoms with E-state index in [-0.39, 0.29) is 46.5 Å². The zero-order chi connectivity index (χ0) is 10.9. The second-order valence-electron chi connectivity index (χ2n) is 3.51. The van der Waals surface area contributed by atoms with Gasteiger partial charge in [-0.05, 0) is 14.1 Å². The van der Waals surface area contributed by atoms with Crippen LogP contribution in [0.3, 0.4) is 0 Å². The van der Waals surface area contributed by atoms with Gasteiger partial charge >= 0.3 is 0 Å². The summed E-state index contributed by atoms with van der Waals surface area (Å²) in [6.07, 6.45) is 10.0. The van der Waals surface area contributed by atoms with Crippen LogP contribution >= 0.6 is 24.8 Å². The molecule has 1 aromatic carbocycles. The maximum atomic E-state index is 2.99. The van der Waals surface area contributed by atoms with Gasteiger partial charge in [-0.1, -0.05) is 35.8 Å². The molecule has 0 aromatic heterocycles. The van der Waals surface area contributed by atoms with E-state index >= 15 is 0 Å². The number of halogens is 2. The Morgan fingerprint density at radius 3 is 2.06 bits per heavy atom. The second-order valence-corrected chi connectivity index (χ2v) is 3.51. The van der Waals surface area contributed by atoms with Crippen molar-refractivity contribution in [1.82, 2.24) is 4.81 Å². The Kier molecular flexibility index (Phi) is 19.4. The number of allylic oxidation sites excluding steroid dienone is 4. The molecule has 1 aliphatic carbocycles. The Labute approximate surface area is 139 Å². The van der Waals surface area contributed by atoms with Crippen molar-refractivity contribution in [3.05, 3.63) is 54.6 Å². The Hall–Kier alpha value is 0.0192. The van der Waals surface area contributed by atoms with Gasteiger partial charge in [0, 0.05) is 21.7 Å². The van der Waals surface area contributed by atoms with Gasteiger partial charge in [-0.25, -0.2) is 12.2 Å². The molecule has 0 amide bonds. The summed E-state index contributed by atoms with van der Waals surface area (Å²) in [4.78, 5) is 2.04. The molecule has 1 aliphatic rings. The number of rotatable bonds is 2. The van der Waals surface area contributed by atoms with Crippen LogP contribution in [0.1, 0.15) is 6.42 Å². The van der Waals surface area contributed by atoms with E-state index in [4.69, 9.17) is 0 Å². The van der Waals surface area contributed by atoms with Crippen molar-refractivity contribution in [1.29, 1.82) is 0 Å². The number of hydrogen-bond acceptors (Lipinski definition) is 1. The predicted molar refractivity (Wildman–Crippen MR) is 81.6 cm³/mol. The fraction of sp³-hybridized carbons (Fsp3) is 0.231. The van der Waals surface area contributed by atoms with E-state index in [2.05, 4.69) is 31.7 Å². The van der Waals surface area contributed by atoms with Crippen molar-refractivity contribution in [3.63, 3.8) is 0 Å². The minimum atomic E-state index is 0. The van der Waals surface area contributed by atoms with Crippen LogP contribution in [0.5, 0.6) is 0 Å². The van der Waals surface area contributed by atoms with Crippen LogP contribution < -0.4 is 5.46 Å². The zero-order valence-corrected chi connectivity index (χ0v) is 13.9. The Morgan fingerprint density at radius 1 is 1.11 bits per heavy atom. The van der Waals surface area contributed by atoms with Crippen LogP contribution in [0.4, 0.5) is 0 Å². The number of benzene rings is 1. The third kappa shape index (κ3) is 12.5. The summed E-state index contributed by atoms with van der Waals surface area (Å²) >= 11 is 0. The molecule has 0 spiro atoms. The first-order valence-electron chi connectivity index (χ1n) is 5.07. The molecule has 0 unspecified atom stereocenters. The summed E-state index contributed by atoms with van der Waals surface area (Å²) in [6, 6.07) is 10.3. The van der Waals surface area contributed by atoms with Gasteiger partial charge < -0.3 is 4.81 Å². The van der Waals surface area contributed by atoms with Gasteiger partial charge in [0.05, 0.1) is 0 Å². The quantitative estimate of drug-likeness (QED) is 0.599. The maximum absolute atomic E-state index is 2.99. The second kappa shape index (κ2) is 15.1. The van der Waals surface area contributed by atoms with E-state index in [0.717, 1.165) is 6.42 Å². The van der Waals surface area contributed by atoms with Crippen LogP contribution in [-0.2, 0) is 21.7 Å². The average molecular weight is 318 g/mol. The molecule has 0 aliphatic heterocycles. The summed E-state index contributed by atoms with van der Waals surface area (Å²) in [5.41, 5.74) is 1.24. The fourth-order valence-electron chi connectivity index (χ4n) is 1.18. The number of nitrogens with zero attached hydrogens (tertiary/aromatic N) is 1. The SMILES string of the molecule is CN(C)[B]c1ccccc1.Cl.Cl.[C-]1=CC=CC1.[Ti]. The molecule has 5 heteroatoms. The van der Waals surface area contributed by atoms with Gasteiger partial charge in [0.25, 0.3) is 0 Å². The molecule has 0 saturated carbocycles. The smallest absolute Gasteiger partial charge is 0.247 e. The molecular formula is C13H18BCl2NTi-. The molecule has 1 nitrogen and oxygen atoms in total. The van der Waals surface area contributed by atoms with E-state index in [1.165, 1.54) is 5.46 Å². The van der Waals surface area contributed by atoms with Gasteiger partial charge in [-0.15, -0.1) is 31.2 Å². The van der Waals surface area contributed by atoms with Crippen LogP contribution in [0.15, 0.2) is 48.6 Å². The first kappa shape index (κ1) is 23.1. The third-order valence-corrected chi connectivity index (χ3v) is 1.79.